The van der Waals surface area contributed by atoms with E-state index >= 15 is 0 Å². The van der Waals surface area contributed by atoms with Crippen LogP contribution in [0.15, 0.2) is 142 Å². The van der Waals surface area contributed by atoms with Crippen molar-refractivity contribution in [2.45, 2.75) is 0 Å². The van der Waals surface area contributed by atoms with Gasteiger partial charge in [0.25, 0.3) is 0 Å². The summed E-state index contributed by atoms with van der Waals surface area (Å²) >= 11 is 7.02. The molecule has 5 rings (SSSR count). The zero-order valence-corrected chi connectivity index (χ0v) is 21.9. The van der Waals surface area contributed by atoms with Crippen LogP contribution in [0.5, 0.6) is 0 Å². The Morgan fingerprint density at radius 2 is 0.909 bits per heavy atom. The summed E-state index contributed by atoms with van der Waals surface area (Å²) in [6, 6.07) is 39.9. The molecule has 3 heteroatoms. The van der Waals surface area contributed by atoms with Crippen LogP contribution in [0.1, 0.15) is 4.11 Å². The Labute approximate surface area is 217 Å². The third kappa shape index (κ3) is 4.29. The Morgan fingerprint density at radius 1 is 0.455 bits per heavy atom. The summed E-state index contributed by atoms with van der Waals surface area (Å²) in [5.41, 5.74) is 2.20. The highest BCUT2D eigenvalue weighted by molar-refractivity contribution is 9.11. The zero-order valence-electron chi connectivity index (χ0n) is 20.7. The van der Waals surface area contributed by atoms with Crippen molar-refractivity contribution in [2.75, 3.05) is 0 Å². The predicted molar refractivity (Wildman–Crippen MR) is 151 cm³/mol. The first-order valence-electron chi connectivity index (χ1n) is 12.2. The van der Waals surface area contributed by atoms with Crippen LogP contribution in [-0.4, -0.2) is 8.07 Å². The van der Waals surface area contributed by atoms with Crippen molar-refractivity contribution in [3.05, 3.63) is 142 Å². The van der Waals surface area contributed by atoms with Crippen molar-refractivity contribution in [3.63, 3.8) is 0 Å². The Morgan fingerprint density at radius 3 is 1.45 bits per heavy atom. The number of hydrogen-bond donors (Lipinski definition) is 0. The van der Waals surface area contributed by atoms with Gasteiger partial charge in [0.1, 0.15) is 0 Å². The molecule has 0 heterocycles. The molecule has 5 aromatic rings. The fourth-order valence-electron chi connectivity index (χ4n) is 4.47. The fourth-order valence-corrected chi connectivity index (χ4v) is 10.5. The highest BCUT2D eigenvalue weighted by Crippen LogP contribution is 2.22. The van der Waals surface area contributed by atoms with E-state index < -0.39 is 8.07 Å². The highest BCUT2D eigenvalue weighted by Gasteiger charge is 2.41. The van der Waals surface area contributed by atoms with Crippen molar-refractivity contribution in [1.29, 1.82) is 0 Å². The molecular formula is C30H22Br2Si. The lowest BCUT2D eigenvalue weighted by Crippen LogP contribution is -2.74. The second-order valence-electron chi connectivity index (χ2n) is 7.81. The molecular weight excluding hydrogens is 548 g/mol. The van der Waals surface area contributed by atoms with Crippen molar-refractivity contribution < 1.29 is 4.11 Å². The van der Waals surface area contributed by atoms with Gasteiger partial charge in [-0.3, -0.25) is 0 Å². The van der Waals surface area contributed by atoms with Crippen LogP contribution in [0.2, 0.25) is 0 Å². The second kappa shape index (κ2) is 9.64. The molecule has 0 radical (unpaired) electrons. The number of benzene rings is 5. The smallest absolute Gasteiger partial charge is 0.0623 e. The summed E-state index contributed by atoms with van der Waals surface area (Å²) in [5.74, 6) is 0. The average molecular weight is 573 g/mol. The SMILES string of the molecule is [2H]c1c(Br)c([2H])c([Si](c2ccccc2)(c2ccccc2)c2cccc(-c3ccccc3)c2)c([2H])c1Br. The third-order valence-electron chi connectivity index (χ3n) is 5.88. The minimum Gasteiger partial charge on any atom is -0.0623 e. The third-order valence-corrected chi connectivity index (χ3v) is 11.2. The summed E-state index contributed by atoms with van der Waals surface area (Å²) in [7, 11) is -3.16. The van der Waals surface area contributed by atoms with Gasteiger partial charge in [-0.05, 0) is 50.0 Å². The molecule has 0 amide bonds. The minimum atomic E-state index is -3.16. The molecule has 0 fully saturated rings. The van der Waals surface area contributed by atoms with Crippen LogP contribution in [0.3, 0.4) is 0 Å². The van der Waals surface area contributed by atoms with E-state index in [9.17, 15) is 2.74 Å². The van der Waals surface area contributed by atoms with Crippen LogP contribution >= 0.6 is 31.9 Å². The van der Waals surface area contributed by atoms with E-state index in [0.29, 0.717) is 14.1 Å². The lowest BCUT2D eigenvalue weighted by molar-refractivity contribution is 1.60. The molecule has 0 aliphatic carbocycles. The first-order valence-corrected chi connectivity index (χ1v) is 14.3. The lowest BCUT2D eigenvalue weighted by Gasteiger charge is -2.35. The summed E-state index contributed by atoms with van der Waals surface area (Å²) < 4.78 is 27.7. The standard InChI is InChI=1S/C30H22Br2Si/c31-25-20-26(32)22-30(21-25)33(27-14-6-2-7-15-27,28-16-8-3-9-17-28)29-18-10-13-24(19-29)23-11-4-1-5-12-23/h1-22H/i20D,21D,22D. The maximum absolute atomic E-state index is 9.22. The van der Waals surface area contributed by atoms with Crippen LogP contribution in [0.25, 0.3) is 11.1 Å². The zero-order chi connectivity index (χ0) is 25.3. The molecule has 5 aromatic carbocycles. The van der Waals surface area contributed by atoms with Crippen molar-refractivity contribution in [2.24, 2.45) is 0 Å². The van der Waals surface area contributed by atoms with Gasteiger partial charge in [0, 0.05) is 8.95 Å². The maximum atomic E-state index is 9.22. The van der Waals surface area contributed by atoms with Gasteiger partial charge in [-0.2, -0.15) is 0 Å². The Hall–Kier alpha value is -2.72. The quantitative estimate of drug-likeness (QED) is 0.172. The summed E-state index contributed by atoms with van der Waals surface area (Å²) in [6.07, 6.45) is 0. The molecule has 0 unspecified atom stereocenters. The van der Waals surface area contributed by atoms with Gasteiger partial charge in [0.2, 0.25) is 0 Å². The van der Waals surface area contributed by atoms with Crippen LogP contribution < -0.4 is 20.7 Å². The minimum absolute atomic E-state index is 0.121. The second-order valence-corrected chi connectivity index (χ2v) is 13.1. The first kappa shape index (κ1) is 18.7. The van der Waals surface area contributed by atoms with E-state index in [2.05, 4.69) is 92.5 Å². The first-order chi connectivity index (χ1) is 17.5. The molecule has 160 valence electrons. The summed E-state index contributed by atoms with van der Waals surface area (Å²) in [5, 5.41) is 3.90. The van der Waals surface area contributed by atoms with Gasteiger partial charge in [-0.15, -0.1) is 0 Å². The normalized spacial score (nSPS) is 12.6. The van der Waals surface area contributed by atoms with Gasteiger partial charge in [-0.1, -0.05) is 147 Å². The van der Waals surface area contributed by atoms with Crippen molar-refractivity contribution in [3.8, 4) is 11.1 Å². The van der Waals surface area contributed by atoms with E-state index in [0.717, 1.165) is 26.7 Å². The molecule has 0 atom stereocenters. The molecule has 0 saturated heterocycles. The maximum Gasteiger partial charge on any atom is 0.179 e. The molecule has 0 spiro atoms. The van der Waals surface area contributed by atoms with Crippen LogP contribution in [0.4, 0.5) is 0 Å². The Balaban J connectivity index is 1.98. The average Bonchev–Trinajstić information content (AvgIpc) is 2.95. The number of hydrogen-bond acceptors (Lipinski definition) is 0. The molecule has 0 aliphatic rings. The summed E-state index contributed by atoms with van der Waals surface area (Å²) in [6.45, 7) is 0. The van der Waals surface area contributed by atoms with E-state index in [4.69, 9.17) is 1.37 Å². The molecule has 33 heavy (non-hydrogen) atoms. The van der Waals surface area contributed by atoms with E-state index in [-0.39, 0.29) is 18.1 Å². The topological polar surface area (TPSA) is 0 Å². The number of rotatable bonds is 5. The van der Waals surface area contributed by atoms with Crippen LogP contribution in [0, 0.1) is 0 Å². The molecule has 0 nitrogen and oxygen atoms in total. The largest absolute Gasteiger partial charge is 0.179 e. The van der Waals surface area contributed by atoms with Crippen LogP contribution in [-0.2, 0) is 0 Å². The Kier molecular flexibility index (Phi) is 5.46. The summed E-state index contributed by atoms with van der Waals surface area (Å²) in [4.78, 5) is 0. The lowest BCUT2D eigenvalue weighted by atomic mass is 10.1. The Bertz CT molecular complexity index is 1460. The van der Waals surface area contributed by atoms with Crippen molar-refractivity contribution in [1.82, 2.24) is 0 Å². The van der Waals surface area contributed by atoms with Crippen molar-refractivity contribution >= 4 is 60.7 Å². The molecule has 0 aromatic heterocycles. The number of halogens is 2. The fraction of sp³-hybridized carbons (Fsp3) is 0. The van der Waals surface area contributed by atoms with E-state index in [1.165, 1.54) is 0 Å². The molecule has 0 saturated carbocycles. The van der Waals surface area contributed by atoms with Gasteiger partial charge < -0.3 is 0 Å². The monoisotopic (exact) mass is 571 g/mol. The predicted octanol–water partition coefficient (Wildman–Crippen LogP) is 6.26. The van der Waals surface area contributed by atoms with Gasteiger partial charge in [0.15, 0.2) is 8.07 Å². The molecule has 0 N–H and O–H groups in total. The molecule has 0 aliphatic heterocycles. The van der Waals surface area contributed by atoms with Gasteiger partial charge in [0.05, 0.1) is 4.11 Å². The van der Waals surface area contributed by atoms with Gasteiger partial charge >= 0.3 is 0 Å². The van der Waals surface area contributed by atoms with E-state index in [1.807, 2.05) is 54.6 Å². The van der Waals surface area contributed by atoms with E-state index in [1.54, 1.807) is 0 Å². The highest BCUT2D eigenvalue weighted by atomic mass is 79.9. The van der Waals surface area contributed by atoms with Gasteiger partial charge in [-0.25, -0.2) is 0 Å². The molecule has 0 bridgehead atoms.